The van der Waals surface area contributed by atoms with Crippen molar-refractivity contribution in [2.24, 2.45) is 47.3 Å². The molecule has 14 atom stereocenters. The van der Waals surface area contributed by atoms with E-state index in [1.165, 1.54) is 50.7 Å². The Morgan fingerprint density at radius 2 is 1.26 bits per heavy atom. The zero-order chi connectivity index (χ0) is 23.8. The molecule has 0 aromatic rings. The minimum Gasteiger partial charge on any atom is -0.460 e. The van der Waals surface area contributed by atoms with Gasteiger partial charge in [-0.15, -0.1) is 0 Å². The number of carbonyl (C=O) groups is 2. The van der Waals surface area contributed by atoms with Crippen LogP contribution in [-0.2, 0) is 33.3 Å². The second kappa shape index (κ2) is 8.42. The predicted octanol–water partition coefficient (Wildman–Crippen LogP) is 3.07. The molecule has 14 unspecified atom stereocenters. The second-order valence-corrected chi connectivity index (χ2v) is 11.9. The van der Waals surface area contributed by atoms with E-state index in [4.69, 9.17) is 23.7 Å². The summed E-state index contributed by atoms with van der Waals surface area (Å²) in [6, 6.07) is 0. The van der Waals surface area contributed by atoms with Crippen molar-refractivity contribution < 1.29 is 33.3 Å². The number of esters is 2. The Bertz CT molecular complexity index is 917. The highest BCUT2D eigenvalue weighted by atomic mass is 16.6. The molecule has 6 saturated carbocycles. The van der Waals surface area contributed by atoms with Gasteiger partial charge in [-0.3, -0.25) is 0 Å². The van der Waals surface area contributed by atoms with E-state index in [1.54, 1.807) is 0 Å². The fourth-order valence-corrected chi connectivity index (χ4v) is 9.54. The first-order valence-electron chi connectivity index (χ1n) is 13.6. The monoisotopic (exact) mass is 484 g/mol. The van der Waals surface area contributed by atoms with E-state index in [2.05, 4.69) is 13.2 Å². The van der Waals surface area contributed by atoms with E-state index in [0.29, 0.717) is 67.4 Å². The standard InChI is InChI=1S/C15H20O4.C13H16O3/c1-2-12(16)17-5-6-18-14-8-3-4-9(14)13-10(8)7-11-15(13)19-11;1-2-10(14)16-12-6-3-4-7(12)11-8(6)5-9-13(11)15-9/h2,8-11,13-15H,1,3-7H2;2,6-9,11-13H,1,3-5H2. The highest BCUT2D eigenvalue weighted by Crippen LogP contribution is 2.66. The van der Waals surface area contributed by atoms with Gasteiger partial charge < -0.3 is 23.7 Å². The third-order valence-corrected chi connectivity index (χ3v) is 10.7. The molecule has 7 heteroatoms. The number of ether oxygens (including phenoxy) is 5. The van der Waals surface area contributed by atoms with E-state index in [-0.39, 0.29) is 18.0 Å². The molecule has 0 amide bonds. The summed E-state index contributed by atoms with van der Waals surface area (Å²) < 4.78 is 27.9. The average molecular weight is 485 g/mol. The minimum atomic E-state index is -0.371. The van der Waals surface area contributed by atoms with Crippen molar-refractivity contribution in [3.63, 3.8) is 0 Å². The summed E-state index contributed by atoms with van der Waals surface area (Å²) in [7, 11) is 0. The number of hydrogen-bond acceptors (Lipinski definition) is 7. The molecule has 35 heavy (non-hydrogen) atoms. The van der Waals surface area contributed by atoms with Crippen LogP contribution in [0.5, 0.6) is 0 Å². The number of fused-ring (bicyclic) bond motifs is 14. The van der Waals surface area contributed by atoms with Crippen molar-refractivity contribution in [1.29, 1.82) is 0 Å². The molecule has 0 radical (unpaired) electrons. The Morgan fingerprint density at radius 1 is 0.714 bits per heavy atom. The van der Waals surface area contributed by atoms with Gasteiger partial charge >= 0.3 is 11.9 Å². The van der Waals surface area contributed by atoms with Crippen molar-refractivity contribution in [3.8, 4) is 0 Å². The highest BCUT2D eigenvalue weighted by molar-refractivity contribution is 5.81. The lowest BCUT2D eigenvalue weighted by molar-refractivity contribution is -0.145. The molecule has 0 spiro atoms. The van der Waals surface area contributed by atoms with Crippen molar-refractivity contribution in [3.05, 3.63) is 25.3 Å². The van der Waals surface area contributed by atoms with Crippen LogP contribution >= 0.6 is 0 Å². The number of hydrogen-bond donors (Lipinski definition) is 0. The van der Waals surface area contributed by atoms with Crippen LogP contribution in [0.3, 0.4) is 0 Å². The Labute approximate surface area is 206 Å². The zero-order valence-corrected chi connectivity index (χ0v) is 20.2. The summed E-state index contributed by atoms with van der Waals surface area (Å²) in [5.74, 6) is 5.00. The Hall–Kier alpha value is -1.70. The molecular weight excluding hydrogens is 448 g/mol. The normalized spacial score (nSPS) is 51.9. The average Bonchev–Trinajstić information content (AvgIpc) is 3.41. The van der Waals surface area contributed by atoms with Crippen LogP contribution in [0.4, 0.5) is 0 Å². The summed E-state index contributed by atoms with van der Waals surface area (Å²) in [4.78, 5) is 22.3. The molecule has 0 aromatic carbocycles. The summed E-state index contributed by atoms with van der Waals surface area (Å²) in [5, 5.41) is 0. The Morgan fingerprint density at radius 3 is 1.83 bits per heavy atom. The van der Waals surface area contributed by atoms with Crippen LogP contribution < -0.4 is 0 Å². The quantitative estimate of drug-likeness (QED) is 0.238. The molecule has 190 valence electrons. The van der Waals surface area contributed by atoms with Gasteiger partial charge in [0.2, 0.25) is 0 Å². The van der Waals surface area contributed by atoms with E-state index >= 15 is 0 Å². The largest absolute Gasteiger partial charge is 0.460 e. The number of epoxide rings is 2. The smallest absolute Gasteiger partial charge is 0.330 e. The molecular formula is C28H36O7. The first-order valence-corrected chi connectivity index (χ1v) is 13.6. The molecule has 8 rings (SSSR count). The molecule has 0 N–H and O–H groups in total. The van der Waals surface area contributed by atoms with E-state index in [0.717, 1.165) is 23.7 Å². The van der Waals surface area contributed by atoms with Crippen molar-refractivity contribution >= 4 is 11.9 Å². The van der Waals surface area contributed by atoms with Crippen molar-refractivity contribution in [1.82, 2.24) is 0 Å². The molecule has 8 fully saturated rings. The van der Waals surface area contributed by atoms with Crippen LogP contribution in [0.1, 0.15) is 38.5 Å². The van der Waals surface area contributed by atoms with Gasteiger partial charge in [-0.1, -0.05) is 13.2 Å². The molecule has 0 aromatic heterocycles. The molecule has 4 bridgehead atoms. The maximum atomic E-state index is 11.3. The van der Waals surface area contributed by atoms with Gasteiger partial charge in [0, 0.05) is 18.1 Å². The van der Waals surface area contributed by atoms with Crippen molar-refractivity contribution in [2.75, 3.05) is 13.2 Å². The van der Waals surface area contributed by atoms with Gasteiger partial charge in [-0.05, 0) is 80.0 Å². The van der Waals surface area contributed by atoms with Gasteiger partial charge in [-0.25, -0.2) is 9.59 Å². The fourth-order valence-electron chi connectivity index (χ4n) is 9.54. The summed E-state index contributed by atoms with van der Waals surface area (Å²) >= 11 is 0. The van der Waals surface area contributed by atoms with Crippen LogP contribution in [0.2, 0.25) is 0 Å². The summed E-state index contributed by atoms with van der Waals surface area (Å²) in [5.41, 5.74) is 0. The third kappa shape index (κ3) is 3.56. The van der Waals surface area contributed by atoms with E-state index in [9.17, 15) is 9.59 Å². The minimum absolute atomic E-state index is 0.158. The lowest BCUT2D eigenvalue weighted by atomic mass is 9.81. The molecule has 8 aliphatic rings. The zero-order valence-electron chi connectivity index (χ0n) is 20.2. The summed E-state index contributed by atoms with van der Waals surface area (Å²) in [6.07, 6.45) is 12.7. The van der Waals surface area contributed by atoms with Crippen molar-refractivity contribution in [2.45, 2.75) is 75.1 Å². The van der Waals surface area contributed by atoms with E-state index in [1.807, 2.05) is 0 Å². The van der Waals surface area contributed by atoms with Crippen LogP contribution in [0.25, 0.3) is 0 Å². The van der Waals surface area contributed by atoms with Gasteiger partial charge in [0.05, 0.1) is 37.1 Å². The highest BCUT2D eigenvalue weighted by Gasteiger charge is 2.69. The van der Waals surface area contributed by atoms with Gasteiger partial charge in [0.15, 0.2) is 0 Å². The second-order valence-electron chi connectivity index (χ2n) is 11.9. The van der Waals surface area contributed by atoms with Crippen LogP contribution in [-0.4, -0.2) is 61.8 Å². The van der Waals surface area contributed by atoms with Gasteiger partial charge in [0.25, 0.3) is 0 Å². The first kappa shape index (κ1) is 22.5. The van der Waals surface area contributed by atoms with Gasteiger partial charge in [-0.2, -0.15) is 0 Å². The van der Waals surface area contributed by atoms with Gasteiger partial charge in [0.1, 0.15) is 12.7 Å². The van der Waals surface area contributed by atoms with Crippen LogP contribution in [0, 0.1) is 47.3 Å². The maximum absolute atomic E-state index is 11.3. The molecule has 6 aliphatic carbocycles. The Kier molecular flexibility index (Phi) is 5.41. The predicted molar refractivity (Wildman–Crippen MR) is 124 cm³/mol. The topological polar surface area (TPSA) is 86.9 Å². The number of rotatable bonds is 7. The van der Waals surface area contributed by atoms with Crippen LogP contribution in [0.15, 0.2) is 25.3 Å². The third-order valence-electron chi connectivity index (χ3n) is 10.7. The summed E-state index contributed by atoms with van der Waals surface area (Å²) in [6.45, 7) is 7.68. The molecule has 2 aliphatic heterocycles. The number of carbonyl (C=O) groups excluding carboxylic acids is 2. The lowest BCUT2D eigenvalue weighted by Crippen LogP contribution is -2.24. The molecule has 2 heterocycles. The SMILES string of the molecule is C=CC(=O)OC1C2CCC1C1C2CC2OC21.C=CC(=O)OCCOC1C2CCC1C1C2CC2OC21. The Balaban J connectivity index is 0.000000122. The van der Waals surface area contributed by atoms with E-state index < -0.39 is 0 Å². The lowest BCUT2D eigenvalue weighted by Gasteiger charge is -2.25. The molecule has 7 nitrogen and oxygen atoms in total. The maximum Gasteiger partial charge on any atom is 0.330 e. The molecule has 2 saturated heterocycles. The first-order chi connectivity index (χ1) is 17.1. The fraction of sp³-hybridized carbons (Fsp3) is 0.786.